The lowest BCUT2D eigenvalue weighted by atomic mass is 10.1. The van der Waals surface area contributed by atoms with Gasteiger partial charge in [-0.2, -0.15) is 0 Å². The van der Waals surface area contributed by atoms with Crippen molar-refractivity contribution in [2.24, 2.45) is 5.92 Å². The van der Waals surface area contributed by atoms with Crippen LogP contribution in [0.1, 0.15) is 26.7 Å². The molecule has 0 aromatic heterocycles. The van der Waals surface area contributed by atoms with Gasteiger partial charge in [-0.1, -0.05) is 6.92 Å². The summed E-state index contributed by atoms with van der Waals surface area (Å²) in [7, 11) is 0. The molecule has 0 saturated carbocycles. The van der Waals surface area contributed by atoms with E-state index in [9.17, 15) is 10.1 Å². The molecule has 0 aliphatic carbocycles. The van der Waals surface area contributed by atoms with Crippen molar-refractivity contribution in [2.45, 2.75) is 26.7 Å². The van der Waals surface area contributed by atoms with Crippen LogP contribution in [-0.4, -0.2) is 29.7 Å². The summed E-state index contributed by atoms with van der Waals surface area (Å²) >= 11 is 0. The largest absolute Gasteiger partial charge is 0.396 e. The zero-order valence-corrected chi connectivity index (χ0v) is 12.1. The van der Waals surface area contributed by atoms with Crippen molar-refractivity contribution in [1.82, 2.24) is 0 Å². The van der Waals surface area contributed by atoms with E-state index in [1.165, 1.54) is 12.1 Å². The molecule has 20 heavy (non-hydrogen) atoms. The molecule has 6 nitrogen and oxygen atoms in total. The molecule has 0 aliphatic heterocycles. The summed E-state index contributed by atoms with van der Waals surface area (Å²) in [6, 6.07) is 4.94. The molecule has 1 unspecified atom stereocenters. The van der Waals surface area contributed by atoms with Crippen LogP contribution < -0.4 is 10.6 Å². The number of aliphatic hydroxyl groups is 1. The maximum atomic E-state index is 10.9. The van der Waals surface area contributed by atoms with Gasteiger partial charge < -0.3 is 15.7 Å². The third kappa shape index (κ3) is 5.44. The van der Waals surface area contributed by atoms with Crippen LogP contribution in [0, 0.1) is 16.0 Å². The van der Waals surface area contributed by atoms with Crippen molar-refractivity contribution in [3.63, 3.8) is 0 Å². The van der Waals surface area contributed by atoms with Gasteiger partial charge in [-0.15, -0.1) is 0 Å². The minimum atomic E-state index is -0.389. The van der Waals surface area contributed by atoms with E-state index >= 15 is 0 Å². The molecule has 0 amide bonds. The van der Waals surface area contributed by atoms with Gasteiger partial charge >= 0.3 is 0 Å². The summed E-state index contributed by atoms with van der Waals surface area (Å²) in [6.45, 7) is 5.59. The molecule has 1 rings (SSSR count). The summed E-state index contributed by atoms with van der Waals surface area (Å²) in [4.78, 5) is 10.5. The lowest BCUT2D eigenvalue weighted by Gasteiger charge is -2.11. The third-order valence-electron chi connectivity index (χ3n) is 3.02. The second-order valence-corrected chi connectivity index (χ2v) is 4.91. The van der Waals surface area contributed by atoms with Gasteiger partial charge in [0, 0.05) is 43.2 Å². The molecule has 3 N–H and O–H groups in total. The first-order valence-electron chi connectivity index (χ1n) is 6.95. The minimum Gasteiger partial charge on any atom is -0.396 e. The van der Waals surface area contributed by atoms with Gasteiger partial charge in [0.05, 0.1) is 4.92 Å². The molecule has 6 heteroatoms. The Morgan fingerprint density at radius 2 is 1.95 bits per heavy atom. The van der Waals surface area contributed by atoms with Crippen molar-refractivity contribution < 1.29 is 10.0 Å². The monoisotopic (exact) mass is 281 g/mol. The van der Waals surface area contributed by atoms with Crippen LogP contribution in [0.3, 0.4) is 0 Å². The Bertz CT molecular complexity index is 438. The smallest absolute Gasteiger partial charge is 0.273 e. The Hall–Kier alpha value is -1.82. The van der Waals surface area contributed by atoms with Crippen molar-refractivity contribution in [3.8, 4) is 0 Å². The molecule has 1 aromatic carbocycles. The summed E-state index contributed by atoms with van der Waals surface area (Å²) < 4.78 is 0. The van der Waals surface area contributed by atoms with E-state index in [4.69, 9.17) is 5.11 Å². The lowest BCUT2D eigenvalue weighted by Crippen LogP contribution is -2.07. The second kappa shape index (κ2) is 8.37. The average molecular weight is 281 g/mol. The SMILES string of the molecule is CCNc1cc(NCCCC(C)CO)cc([N+](=O)[O-])c1. The standard InChI is InChI=1S/C14H23N3O3/c1-3-15-12-7-13(9-14(8-12)17(19)20)16-6-4-5-11(2)10-18/h7-9,11,15-16,18H,3-6,10H2,1-2H3. The van der Waals surface area contributed by atoms with Gasteiger partial charge in [-0.05, 0) is 31.7 Å². The maximum Gasteiger partial charge on any atom is 0.273 e. The average Bonchev–Trinajstić information content (AvgIpc) is 2.43. The number of nitrogens with one attached hydrogen (secondary N) is 2. The first-order chi connectivity index (χ1) is 9.56. The molecule has 0 spiro atoms. The molecular formula is C14H23N3O3. The van der Waals surface area contributed by atoms with Gasteiger partial charge in [-0.3, -0.25) is 10.1 Å². The zero-order valence-electron chi connectivity index (χ0n) is 12.1. The highest BCUT2D eigenvalue weighted by Crippen LogP contribution is 2.24. The van der Waals surface area contributed by atoms with Gasteiger partial charge in [0.15, 0.2) is 0 Å². The predicted molar refractivity (Wildman–Crippen MR) is 81.2 cm³/mol. The zero-order chi connectivity index (χ0) is 15.0. The van der Waals surface area contributed by atoms with Crippen LogP contribution in [0.5, 0.6) is 0 Å². The van der Waals surface area contributed by atoms with E-state index in [-0.39, 0.29) is 17.2 Å². The van der Waals surface area contributed by atoms with Crippen LogP contribution in [-0.2, 0) is 0 Å². The predicted octanol–water partition coefficient (Wildman–Crippen LogP) is 2.85. The summed E-state index contributed by atoms with van der Waals surface area (Å²) in [5, 5.41) is 26.1. The van der Waals surface area contributed by atoms with Crippen LogP contribution >= 0.6 is 0 Å². The van der Waals surface area contributed by atoms with E-state index in [1.54, 1.807) is 0 Å². The van der Waals surface area contributed by atoms with E-state index in [1.807, 2.05) is 19.9 Å². The van der Waals surface area contributed by atoms with Crippen LogP contribution in [0.2, 0.25) is 0 Å². The Morgan fingerprint density at radius 1 is 1.30 bits per heavy atom. The second-order valence-electron chi connectivity index (χ2n) is 4.91. The van der Waals surface area contributed by atoms with Crippen molar-refractivity contribution >= 4 is 17.1 Å². The molecule has 0 aliphatic rings. The normalized spacial score (nSPS) is 11.9. The maximum absolute atomic E-state index is 10.9. The molecule has 1 aromatic rings. The molecule has 0 radical (unpaired) electrons. The van der Waals surface area contributed by atoms with Crippen molar-refractivity contribution in [2.75, 3.05) is 30.3 Å². The first-order valence-corrected chi connectivity index (χ1v) is 6.95. The van der Waals surface area contributed by atoms with Crippen LogP contribution in [0.15, 0.2) is 18.2 Å². The van der Waals surface area contributed by atoms with Gasteiger partial charge in [0.2, 0.25) is 0 Å². The highest BCUT2D eigenvalue weighted by Gasteiger charge is 2.09. The Morgan fingerprint density at radius 3 is 2.50 bits per heavy atom. The highest BCUT2D eigenvalue weighted by atomic mass is 16.6. The summed E-state index contributed by atoms with van der Waals surface area (Å²) in [6.07, 6.45) is 1.85. The van der Waals surface area contributed by atoms with Gasteiger partial charge in [0.25, 0.3) is 5.69 Å². The Labute approximate surface area is 119 Å². The molecule has 1 atom stereocenters. The number of nitro groups is 1. The number of benzene rings is 1. The molecule has 0 bridgehead atoms. The number of aliphatic hydroxyl groups excluding tert-OH is 1. The highest BCUT2D eigenvalue weighted by molar-refractivity contribution is 5.63. The Kier molecular flexibility index (Phi) is 6.79. The molecule has 0 fully saturated rings. The van der Waals surface area contributed by atoms with Crippen molar-refractivity contribution in [3.05, 3.63) is 28.3 Å². The number of rotatable bonds is 9. The topological polar surface area (TPSA) is 87.4 Å². The van der Waals surface area contributed by atoms with E-state index < -0.39 is 0 Å². The van der Waals surface area contributed by atoms with Crippen LogP contribution in [0.25, 0.3) is 0 Å². The number of hydrogen-bond acceptors (Lipinski definition) is 5. The number of anilines is 2. The van der Waals surface area contributed by atoms with E-state index in [2.05, 4.69) is 10.6 Å². The molecular weight excluding hydrogens is 258 g/mol. The summed E-state index contributed by atoms with van der Waals surface area (Å²) in [5.74, 6) is 0.291. The van der Waals surface area contributed by atoms with Gasteiger partial charge in [-0.25, -0.2) is 0 Å². The van der Waals surface area contributed by atoms with Gasteiger partial charge in [0.1, 0.15) is 0 Å². The molecule has 0 heterocycles. The number of hydrogen-bond donors (Lipinski definition) is 3. The first kappa shape index (κ1) is 16.2. The fourth-order valence-corrected chi connectivity index (χ4v) is 1.90. The fraction of sp³-hybridized carbons (Fsp3) is 0.571. The number of nitro benzene ring substituents is 1. The Balaban J connectivity index is 2.61. The van der Waals surface area contributed by atoms with E-state index in [0.717, 1.165) is 30.8 Å². The quantitative estimate of drug-likeness (QED) is 0.368. The minimum absolute atomic E-state index is 0.0784. The molecule has 112 valence electrons. The molecule has 0 saturated heterocycles. The number of nitrogens with zero attached hydrogens (tertiary/aromatic N) is 1. The lowest BCUT2D eigenvalue weighted by molar-refractivity contribution is -0.384. The third-order valence-corrected chi connectivity index (χ3v) is 3.02. The van der Waals surface area contributed by atoms with Crippen LogP contribution in [0.4, 0.5) is 17.1 Å². The number of non-ortho nitro benzene ring substituents is 1. The summed E-state index contributed by atoms with van der Waals surface area (Å²) in [5.41, 5.74) is 1.56. The van der Waals surface area contributed by atoms with E-state index in [0.29, 0.717) is 12.5 Å². The fourth-order valence-electron chi connectivity index (χ4n) is 1.90. The van der Waals surface area contributed by atoms with Crippen molar-refractivity contribution in [1.29, 1.82) is 0 Å².